The Morgan fingerprint density at radius 1 is 1.37 bits per heavy atom. The summed E-state index contributed by atoms with van der Waals surface area (Å²) in [6.45, 7) is 5.70. The van der Waals surface area contributed by atoms with Crippen molar-refractivity contribution in [3.05, 3.63) is 5.89 Å². The second-order valence-electron chi connectivity index (χ2n) is 4.95. The number of nitrogens with one attached hydrogen (secondary N) is 1. The highest BCUT2D eigenvalue weighted by Crippen LogP contribution is 2.16. The van der Waals surface area contributed by atoms with Crippen molar-refractivity contribution in [2.45, 2.75) is 38.6 Å². The largest absolute Gasteiger partial charge is 0.383 e. The smallest absolute Gasteiger partial charge is 0.266 e. The second kappa shape index (κ2) is 7.45. The van der Waals surface area contributed by atoms with E-state index < -0.39 is 0 Å². The van der Waals surface area contributed by atoms with Crippen LogP contribution in [0.5, 0.6) is 0 Å². The SMILES string of the molecule is CCNC(COC)Cc1nc(N2CCCCC2)no1. The molecule has 1 aromatic heterocycles. The average molecular weight is 268 g/mol. The molecule has 108 valence electrons. The fourth-order valence-electron chi connectivity index (χ4n) is 2.44. The number of hydrogen-bond acceptors (Lipinski definition) is 6. The average Bonchev–Trinajstić information content (AvgIpc) is 2.89. The Hall–Kier alpha value is -1.14. The van der Waals surface area contributed by atoms with E-state index in [-0.39, 0.29) is 6.04 Å². The van der Waals surface area contributed by atoms with Crippen molar-refractivity contribution < 1.29 is 9.26 Å². The molecule has 6 nitrogen and oxygen atoms in total. The Labute approximate surface area is 114 Å². The van der Waals surface area contributed by atoms with Crippen LogP contribution in [-0.2, 0) is 11.2 Å². The molecule has 2 rings (SSSR count). The van der Waals surface area contributed by atoms with E-state index in [1.165, 1.54) is 19.3 Å². The van der Waals surface area contributed by atoms with E-state index >= 15 is 0 Å². The highest BCUT2D eigenvalue weighted by atomic mass is 16.5. The number of nitrogens with zero attached hydrogens (tertiary/aromatic N) is 3. The molecular weight excluding hydrogens is 244 g/mol. The lowest BCUT2D eigenvalue weighted by Crippen LogP contribution is -2.35. The third-order valence-electron chi connectivity index (χ3n) is 3.38. The highest BCUT2D eigenvalue weighted by molar-refractivity contribution is 5.28. The molecule has 0 saturated carbocycles. The molecule has 0 aromatic carbocycles. The maximum atomic E-state index is 5.34. The predicted octanol–water partition coefficient (Wildman–Crippen LogP) is 1.23. The number of anilines is 1. The van der Waals surface area contributed by atoms with Crippen LogP contribution in [0.4, 0.5) is 5.95 Å². The van der Waals surface area contributed by atoms with Crippen LogP contribution in [0.2, 0.25) is 0 Å². The first-order valence-corrected chi connectivity index (χ1v) is 7.13. The number of methoxy groups -OCH3 is 1. The summed E-state index contributed by atoms with van der Waals surface area (Å²) in [7, 11) is 1.71. The fraction of sp³-hybridized carbons (Fsp3) is 0.846. The van der Waals surface area contributed by atoms with Crippen LogP contribution >= 0.6 is 0 Å². The van der Waals surface area contributed by atoms with E-state index in [9.17, 15) is 0 Å². The molecule has 6 heteroatoms. The molecule has 1 aliphatic heterocycles. The molecule has 0 bridgehead atoms. The number of hydrogen-bond donors (Lipinski definition) is 1. The molecule has 1 fully saturated rings. The van der Waals surface area contributed by atoms with Gasteiger partial charge in [0.15, 0.2) is 0 Å². The van der Waals surface area contributed by atoms with Gasteiger partial charge >= 0.3 is 0 Å². The van der Waals surface area contributed by atoms with Crippen LogP contribution in [0, 0.1) is 0 Å². The molecule has 1 aromatic rings. The van der Waals surface area contributed by atoms with Crippen molar-refractivity contribution in [1.29, 1.82) is 0 Å². The van der Waals surface area contributed by atoms with Crippen LogP contribution in [0.3, 0.4) is 0 Å². The molecule has 1 atom stereocenters. The predicted molar refractivity (Wildman–Crippen MR) is 73.4 cm³/mol. The Morgan fingerprint density at radius 2 is 2.16 bits per heavy atom. The van der Waals surface area contributed by atoms with E-state index in [2.05, 4.69) is 27.3 Å². The zero-order valence-corrected chi connectivity index (χ0v) is 11.9. The van der Waals surface area contributed by atoms with Crippen LogP contribution < -0.4 is 10.2 Å². The van der Waals surface area contributed by atoms with E-state index in [1.54, 1.807) is 7.11 Å². The fourth-order valence-corrected chi connectivity index (χ4v) is 2.44. The zero-order valence-electron chi connectivity index (χ0n) is 11.9. The monoisotopic (exact) mass is 268 g/mol. The van der Waals surface area contributed by atoms with Crippen LogP contribution in [0.15, 0.2) is 4.52 Å². The van der Waals surface area contributed by atoms with E-state index in [4.69, 9.17) is 9.26 Å². The molecule has 0 aliphatic carbocycles. The minimum atomic E-state index is 0.227. The van der Waals surface area contributed by atoms with Gasteiger partial charge in [0.1, 0.15) is 0 Å². The summed E-state index contributed by atoms with van der Waals surface area (Å²) in [6.07, 6.45) is 4.45. The molecule has 1 saturated heterocycles. The topological polar surface area (TPSA) is 63.4 Å². The summed E-state index contributed by atoms with van der Waals surface area (Å²) in [5.41, 5.74) is 0. The maximum Gasteiger partial charge on any atom is 0.266 e. The third-order valence-corrected chi connectivity index (χ3v) is 3.38. The Balaban J connectivity index is 1.91. The van der Waals surface area contributed by atoms with Crippen molar-refractivity contribution in [3.63, 3.8) is 0 Å². The normalized spacial score (nSPS) is 17.7. The van der Waals surface area contributed by atoms with Gasteiger partial charge in [0.25, 0.3) is 5.95 Å². The molecule has 0 spiro atoms. The van der Waals surface area contributed by atoms with Crippen molar-refractivity contribution in [1.82, 2.24) is 15.5 Å². The second-order valence-corrected chi connectivity index (χ2v) is 4.95. The van der Waals surface area contributed by atoms with Gasteiger partial charge in [0.2, 0.25) is 5.89 Å². The van der Waals surface area contributed by atoms with Gasteiger partial charge < -0.3 is 19.5 Å². The lowest BCUT2D eigenvalue weighted by atomic mass is 10.1. The van der Waals surface area contributed by atoms with Gasteiger partial charge in [-0.15, -0.1) is 0 Å². The Kier molecular flexibility index (Phi) is 5.60. The summed E-state index contributed by atoms with van der Waals surface area (Å²) >= 11 is 0. The summed E-state index contributed by atoms with van der Waals surface area (Å²) < 4.78 is 10.5. The quantitative estimate of drug-likeness (QED) is 0.802. The number of rotatable bonds is 7. The van der Waals surface area contributed by atoms with Crippen LogP contribution in [0.25, 0.3) is 0 Å². The lowest BCUT2D eigenvalue weighted by molar-refractivity contribution is 0.162. The number of piperidine rings is 1. The molecule has 0 radical (unpaired) electrons. The first kappa shape index (κ1) is 14.3. The number of likely N-dealkylation sites (N-methyl/N-ethyl adjacent to an activating group) is 1. The van der Waals surface area contributed by atoms with Crippen molar-refractivity contribution in [2.24, 2.45) is 0 Å². The van der Waals surface area contributed by atoms with Crippen molar-refractivity contribution >= 4 is 5.95 Å². The Morgan fingerprint density at radius 3 is 2.84 bits per heavy atom. The number of aromatic nitrogens is 2. The third kappa shape index (κ3) is 4.18. The number of ether oxygens (including phenoxy) is 1. The van der Waals surface area contributed by atoms with Gasteiger partial charge in [-0.25, -0.2) is 0 Å². The summed E-state index contributed by atoms with van der Waals surface area (Å²) in [4.78, 5) is 6.69. The molecule has 0 amide bonds. The zero-order chi connectivity index (χ0) is 13.5. The molecule has 19 heavy (non-hydrogen) atoms. The van der Waals surface area contributed by atoms with Gasteiger partial charge in [0.05, 0.1) is 6.61 Å². The summed E-state index contributed by atoms with van der Waals surface area (Å²) in [5, 5.41) is 7.44. The minimum absolute atomic E-state index is 0.227. The molecule has 1 unspecified atom stereocenters. The van der Waals surface area contributed by atoms with E-state index in [0.717, 1.165) is 25.6 Å². The van der Waals surface area contributed by atoms with Gasteiger partial charge in [-0.05, 0) is 31.0 Å². The molecule has 1 N–H and O–H groups in total. The molecule has 2 heterocycles. The molecule has 1 aliphatic rings. The van der Waals surface area contributed by atoms with Crippen molar-refractivity contribution in [2.75, 3.05) is 38.3 Å². The van der Waals surface area contributed by atoms with Gasteiger partial charge in [-0.3, -0.25) is 0 Å². The Bertz CT molecular complexity index is 357. The molecular formula is C13H24N4O2. The summed E-state index contributed by atoms with van der Waals surface area (Å²) in [5.74, 6) is 1.42. The van der Waals surface area contributed by atoms with Gasteiger partial charge in [-0.2, -0.15) is 4.98 Å². The van der Waals surface area contributed by atoms with Gasteiger partial charge in [0, 0.05) is 32.7 Å². The van der Waals surface area contributed by atoms with Gasteiger partial charge in [-0.1, -0.05) is 6.92 Å². The van der Waals surface area contributed by atoms with E-state index in [0.29, 0.717) is 18.9 Å². The van der Waals surface area contributed by atoms with Crippen LogP contribution in [-0.4, -0.2) is 49.5 Å². The minimum Gasteiger partial charge on any atom is -0.383 e. The van der Waals surface area contributed by atoms with E-state index in [1.807, 2.05) is 0 Å². The summed E-state index contributed by atoms with van der Waals surface area (Å²) in [6, 6.07) is 0.227. The first-order valence-electron chi connectivity index (χ1n) is 7.13. The highest BCUT2D eigenvalue weighted by Gasteiger charge is 2.18. The van der Waals surface area contributed by atoms with Crippen LogP contribution in [0.1, 0.15) is 32.1 Å². The van der Waals surface area contributed by atoms with Crippen molar-refractivity contribution in [3.8, 4) is 0 Å². The maximum absolute atomic E-state index is 5.34. The lowest BCUT2D eigenvalue weighted by Gasteiger charge is -2.24. The standard InChI is InChI=1S/C13H24N4O2/c1-3-14-11(10-18-2)9-12-15-13(16-19-12)17-7-5-4-6-8-17/h11,14H,3-10H2,1-2H3. The first-order chi connectivity index (χ1) is 9.33.